The van der Waals surface area contributed by atoms with Crippen LogP contribution in [-0.2, 0) is 0 Å². The second-order valence-corrected chi connectivity index (χ2v) is 4.81. The van der Waals surface area contributed by atoms with Crippen LogP contribution in [0.25, 0.3) is 22.3 Å². The molecule has 0 aliphatic heterocycles. The molecule has 23 heavy (non-hydrogen) atoms. The molecule has 2 N–H and O–H groups in total. The number of phenols is 1. The Morgan fingerprint density at radius 1 is 1.00 bits per heavy atom. The van der Waals surface area contributed by atoms with Gasteiger partial charge in [-0.3, -0.25) is 4.79 Å². The van der Waals surface area contributed by atoms with Crippen LogP contribution in [0, 0.1) is 0 Å². The highest BCUT2D eigenvalue weighted by atomic mass is 16.5. The highest BCUT2D eigenvalue weighted by Crippen LogP contribution is 2.43. The van der Waals surface area contributed by atoms with Crippen molar-refractivity contribution in [3.05, 3.63) is 46.6 Å². The topological polar surface area (TPSA) is 89.1 Å². The zero-order chi connectivity index (χ0) is 16.6. The maximum Gasteiger partial charge on any atom is 0.238 e. The van der Waals surface area contributed by atoms with Crippen molar-refractivity contribution in [1.82, 2.24) is 0 Å². The monoisotopic (exact) mass is 314 g/mol. The van der Waals surface area contributed by atoms with Gasteiger partial charge in [0.2, 0.25) is 16.9 Å². The molecular formula is C17H14O6. The fourth-order valence-electron chi connectivity index (χ4n) is 2.46. The van der Waals surface area contributed by atoms with Crippen molar-refractivity contribution < 1.29 is 24.1 Å². The first-order valence-electron chi connectivity index (χ1n) is 6.77. The van der Waals surface area contributed by atoms with Gasteiger partial charge in [-0.25, -0.2) is 0 Å². The maximum absolute atomic E-state index is 12.6. The Bertz CT molecular complexity index is 927. The number of hydrogen-bond donors (Lipinski definition) is 2. The third-order valence-electron chi connectivity index (χ3n) is 3.49. The highest BCUT2D eigenvalue weighted by molar-refractivity contribution is 5.91. The van der Waals surface area contributed by atoms with Gasteiger partial charge in [-0.15, -0.1) is 0 Å². The lowest BCUT2D eigenvalue weighted by Gasteiger charge is -2.13. The van der Waals surface area contributed by atoms with E-state index in [1.807, 2.05) is 0 Å². The average Bonchev–Trinajstić information content (AvgIpc) is 2.57. The van der Waals surface area contributed by atoms with E-state index < -0.39 is 11.2 Å². The summed E-state index contributed by atoms with van der Waals surface area (Å²) in [4.78, 5) is 12.6. The van der Waals surface area contributed by atoms with E-state index in [0.717, 1.165) is 0 Å². The van der Waals surface area contributed by atoms with Crippen LogP contribution in [0.2, 0.25) is 0 Å². The molecule has 2 aromatic carbocycles. The Labute approximate surface area is 131 Å². The van der Waals surface area contributed by atoms with Gasteiger partial charge in [0.15, 0.2) is 17.3 Å². The average molecular weight is 314 g/mol. The number of rotatable bonds is 3. The van der Waals surface area contributed by atoms with Crippen molar-refractivity contribution in [1.29, 1.82) is 0 Å². The molecular weight excluding hydrogens is 300 g/mol. The van der Waals surface area contributed by atoms with E-state index in [2.05, 4.69) is 0 Å². The molecule has 0 bridgehead atoms. The van der Waals surface area contributed by atoms with Gasteiger partial charge < -0.3 is 24.1 Å². The van der Waals surface area contributed by atoms with Crippen LogP contribution in [0.15, 0.2) is 45.6 Å². The molecule has 0 fully saturated rings. The summed E-state index contributed by atoms with van der Waals surface area (Å²) in [6.45, 7) is 0. The summed E-state index contributed by atoms with van der Waals surface area (Å²) in [5.41, 5.74) is -0.0414. The van der Waals surface area contributed by atoms with E-state index in [4.69, 9.17) is 13.9 Å². The fraction of sp³-hybridized carbons (Fsp3) is 0.118. The first-order valence-corrected chi connectivity index (χ1v) is 6.77. The standard InChI is InChI=1S/C17H14O6/c1-21-16-10(18)8-11-12(17(16)22-2)13(19)14(20)15(23-11)9-6-4-3-5-7-9/h3-8,18,20H,1-2H3. The lowest BCUT2D eigenvalue weighted by molar-refractivity contribution is 0.335. The smallest absolute Gasteiger partial charge is 0.238 e. The fourth-order valence-corrected chi connectivity index (χ4v) is 2.46. The minimum Gasteiger partial charge on any atom is -0.504 e. The van der Waals surface area contributed by atoms with Crippen LogP contribution in [-0.4, -0.2) is 24.4 Å². The first kappa shape index (κ1) is 14.8. The molecule has 3 rings (SSSR count). The molecule has 1 heterocycles. The Hall–Kier alpha value is -3.15. The van der Waals surface area contributed by atoms with E-state index in [1.165, 1.54) is 20.3 Å². The minimum absolute atomic E-state index is 0.000619. The molecule has 0 spiro atoms. The molecule has 0 unspecified atom stereocenters. The zero-order valence-corrected chi connectivity index (χ0v) is 12.5. The number of phenolic OH excluding ortho intramolecular Hbond substituents is 1. The number of methoxy groups -OCH3 is 2. The van der Waals surface area contributed by atoms with Crippen LogP contribution in [0.3, 0.4) is 0 Å². The van der Waals surface area contributed by atoms with Crippen molar-refractivity contribution in [2.75, 3.05) is 14.2 Å². The Morgan fingerprint density at radius 3 is 2.26 bits per heavy atom. The van der Waals surface area contributed by atoms with Gasteiger partial charge in [0.25, 0.3) is 0 Å². The summed E-state index contributed by atoms with van der Waals surface area (Å²) in [5.74, 6) is -0.737. The number of benzene rings is 2. The number of aromatic hydroxyl groups is 2. The largest absolute Gasteiger partial charge is 0.504 e. The molecule has 0 aliphatic rings. The van der Waals surface area contributed by atoms with Gasteiger partial charge in [-0.1, -0.05) is 30.3 Å². The summed E-state index contributed by atoms with van der Waals surface area (Å²) in [6, 6.07) is 9.97. The molecule has 6 nitrogen and oxygen atoms in total. The van der Waals surface area contributed by atoms with Crippen molar-refractivity contribution in [2.45, 2.75) is 0 Å². The van der Waals surface area contributed by atoms with E-state index in [9.17, 15) is 15.0 Å². The lowest BCUT2D eigenvalue weighted by Crippen LogP contribution is -2.05. The second kappa shape index (κ2) is 5.57. The summed E-state index contributed by atoms with van der Waals surface area (Å²) in [6.07, 6.45) is 0. The first-order chi connectivity index (χ1) is 11.1. The minimum atomic E-state index is -0.666. The predicted octanol–water partition coefficient (Wildman–Crippen LogP) is 2.89. The molecule has 6 heteroatoms. The third kappa shape index (κ3) is 2.24. The van der Waals surface area contributed by atoms with Crippen LogP contribution in [0.5, 0.6) is 23.0 Å². The van der Waals surface area contributed by atoms with E-state index in [-0.39, 0.29) is 34.0 Å². The normalized spacial score (nSPS) is 10.7. The van der Waals surface area contributed by atoms with Gasteiger partial charge >= 0.3 is 0 Å². The van der Waals surface area contributed by atoms with Crippen molar-refractivity contribution in [3.8, 4) is 34.3 Å². The molecule has 3 aromatic rings. The van der Waals surface area contributed by atoms with Gasteiger partial charge in [0, 0.05) is 11.6 Å². The van der Waals surface area contributed by atoms with Gasteiger partial charge in [-0.2, -0.15) is 0 Å². The van der Waals surface area contributed by atoms with Crippen molar-refractivity contribution >= 4 is 11.0 Å². The summed E-state index contributed by atoms with van der Waals surface area (Å²) < 4.78 is 15.8. The van der Waals surface area contributed by atoms with Crippen molar-refractivity contribution in [2.24, 2.45) is 0 Å². The van der Waals surface area contributed by atoms with E-state index >= 15 is 0 Å². The predicted molar refractivity (Wildman–Crippen MR) is 84.4 cm³/mol. The molecule has 0 atom stereocenters. The molecule has 0 aliphatic carbocycles. The van der Waals surface area contributed by atoms with Crippen LogP contribution in [0.4, 0.5) is 0 Å². The molecule has 0 amide bonds. The van der Waals surface area contributed by atoms with Crippen LogP contribution >= 0.6 is 0 Å². The quantitative estimate of drug-likeness (QED) is 0.772. The van der Waals surface area contributed by atoms with E-state index in [0.29, 0.717) is 5.56 Å². The highest BCUT2D eigenvalue weighted by Gasteiger charge is 2.23. The molecule has 1 aromatic heterocycles. The Kier molecular flexibility index (Phi) is 3.57. The van der Waals surface area contributed by atoms with Crippen LogP contribution in [0.1, 0.15) is 0 Å². The van der Waals surface area contributed by atoms with Gasteiger partial charge in [-0.05, 0) is 0 Å². The Morgan fingerprint density at radius 2 is 1.65 bits per heavy atom. The number of hydrogen-bond acceptors (Lipinski definition) is 6. The summed E-state index contributed by atoms with van der Waals surface area (Å²) in [5, 5.41) is 20.2. The number of fused-ring (bicyclic) bond motifs is 1. The maximum atomic E-state index is 12.6. The lowest BCUT2D eigenvalue weighted by atomic mass is 10.1. The second-order valence-electron chi connectivity index (χ2n) is 4.81. The molecule has 0 saturated carbocycles. The van der Waals surface area contributed by atoms with E-state index in [1.54, 1.807) is 30.3 Å². The molecule has 0 radical (unpaired) electrons. The third-order valence-corrected chi connectivity index (χ3v) is 3.49. The van der Waals surface area contributed by atoms with Crippen molar-refractivity contribution in [3.63, 3.8) is 0 Å². The Balaban J connectivity index is 2.43. The molecule has 0 saturated heterocycles. The van der Waals surface area contributed by atoms with Crippen LogP contribution < -0.4 is 14.9 Å². The SMILES string of the molecule is COc1c(O)cc2oc(-c3ccccc3)c(O)c(=O)c2c1OC. The van der Waals surface area contributed by atoms with Gasteiger partial charge in [0.1, 0.15) is 11.0 Å². The summed E-state index contributed by atoms with van der Waals surface area (Å²) >= 11 is 0. The number of ether oxygens (including phenoxy) is 2. The molecule has 118 valence electrons. The summed E-state index contributed by atoms with van der Waals surface area (Å²) in [7, 11) is 2.67. The zero-order valence-electron chi connectivity index (χ0n) is 12.5. The van der Waals surface area contributed by atoms with Gasteiger partial charge in [0.05, 0.1) is 14.2 Å².